The van der Waals surface area contributed by atoms with Crippen LogP contribution in [-0.2, 0) is 6.54 Å². The van der Waals surface area contributed by atoms with E-state index >= 15 is 0 Å². The van der Waals surface area contributed by atoms with Crippen molar-refractivity contribution in [1.82, 2.24) is 15.2 Å². The Bertz CT molecular complexity index is 216. The number of nitrogens with zero attached hydrogens (tertiary/aromatic N) is 2. The molecule has 0 amide bonds. The van der Waals surface area contributed by atoms with Crippen LogP contribution in [-0.4, -0.2) is 36.1 Å². The van der Waals surface area contributed by atoms with Gasteiger partial charge in [0.1, 0.15) is 5.76 Å². The summed E-state index contributed by atoms with van der Waals surface area (Å²) in [5.41, 5.74) is 0. The van der Waals surface area contributed by atoms with Gasteiger partial charge in [-0.2, -0.15) is 0 Å². The predicted octanol–water partition coefficient (Wildman–Crippen LogP) is 0.0798. The van der Waals surface area contributed by atoms with Gasteiger partial charge in [0.05, 0.1) is 12.7 Å². The fourth-order valence-corrected chi connectivity index (χ4v) is 1.41. The molecule has 1 aromatic heterocycles. The first-order valence-corrected chi connectivity index (χ1v) is 4.25. The first-order valence-electron chi connectivity index (χ1n) is 4.25. The number of rotatable bonds is 2. The predicted molar refractivity (Wildman–Crippen MR) is 44.6 cm³/mol. The quantitative estimate of drug-likeness (QED) is 0.677. The minimum atomic E-state index is 0.891. The van der Waals surface area contributed by atoms with E-state index in [1.54, 1.807) is 6.20 Å². The summed E-state index contributed by atoms with van der Waals surface area (Å²) in [5.74, 6) is 0.955. The smallest absolute Gasteiger partial charge is 0.180 e. The summed E-state index contributed by atoms with van der Waals surface area (Å²) in [6.07, 6.45) is 3.26. The third kappa shape index (κ3) is 1.84. The number of nitrogens with one attached hydrogen (secondary N) is 1. The Kier molecular flexibility index (Phi) is 2.39. The van der Waals surface area contributed by atoms with Gasteiger partial charge >= 0.3 is 0 Å². The molecule has 0 aromatic carbocycles. The molecule has 0 radical (unpaired) electrons. The lowest BCUT2D eigenvalue weighted by Gasteiger charge is -2.25. The molecule has 2 heterocycles. The van der Waals surface area contributed by atoms with Crippen LogP contribution in [0.15, 0.2) is 17.0 Å². The third-order valence-electron chi connectivity index (χ3n) is 2.07. The largest absolute Gasteiger partial charge is 0.447 e. The maximum Gasteiger partial charge on any atom is 0.180 e. The molecule has 4 heteroatoms. The Balaban J connectivity index is 1.86. The highest BCUT2D eigenvalue weighted by atomic mass is 16.3. The van der Waals surface area contributed by atoms with Crippen molar-refractivity contribution in [3.05, 3.63) is 18.4 Å². The molecule has 1 fully saturated rings. The molecule has 0 bridgehead atoms. The van der Waals surface area contributed by atoms with E-state index in [1.807, 2.05) is 0 Å². The molecule has 4 nitrogen and oxygen atoms in total. The number of piperazine rings is 1. The van der Waals surface area contributed by atoms with Crippen LogP contribution in [0, 0.1) is 0 Å². The second kappa shape index (κ2) is 3.69. The van der Waals surface area contributed by atoms with Gasteiger partial charge in [0, 0.05) is 26.2 Å². The molecule has 0 unspecified atom stereocenters. The van der Waals surface area contributed by atoms with Gasteiger partial charge in [0.25, 0.3) is 0 Å². The molecular formula is C8H13N3O. The van der Waals surface area contributed by atoms with Gasteiger partial charge in [-0.1, -0.05) is 0 Å². The SMILES string of the molecule is c1ncc(CN2CCNCC2)o1. The van der Waals surface area contributed by atoms with Crippen LogP contribution in [0.3, 0.4) is 0 Å². The normalized spacial score (nSPS) is 19.7. The van der Waals surface area contributed by atoms with E-state index in [-0.39, 0.29) is 0 Å². The van der Waals surface area contributed by atoms with Gasteiger partial charge in [-0.15, -0.1) is 0 Å². The third-order valence-corrected chi connectivity index (χ3v) is 2.07. The van der Waals surface area contributed by atoms with E-state index in [4.69, 9.17) is 4.42 Å². The fraction of sp³-hybridized carbons (Fsp3) is 0.625. The zero-order valence-electron chi connectivity index (χ0n) is 6.99. The second-order valence-corrected chi connectivity index (χ2v) is 2.99. The monoisotopic (exact) mass is 167 g/mol. The van der Waals surface area contributed by atoms with Crippen LogP contribution in [0.4, 0.5) is 0 Å². The van der Waals surface area contributed by atoms with Crippen molar-refractivity contribution in [3.63, 3.8) is 0 Å². The Labute approximate surface area is 71.6 Å². The van der Waals surface area contributed by atoms with Crippen LogP contribution >= 0.6 is 0 Å². The van der Waals surface area contributed by atoms with Gasteiger partial charge in [-0.05, 0) is 0 Å². The maximum atomic E-state index is 5.16. The van der Waals surface area contributed by atoms with E-state index in [0.29, 0.717) is 0 Å². The Morgan fingerprint density at radius 3 is 3.00 bits per heavy atom. The summed E-state index contributed by atoms with van der Waals surface area (Å²) in [4.78, 5) is 6.24. The number of hydrogen-bond acceptors (Lipinski definition) is 4. The van der Waals surface area contributed by atoms with Gasteiger partial charge in [0.15, 0.2) is 6.39 Å². The Hall–Kier alpha value is -0.870. The lowest BCUT2D eigenvalue weighted by molar-refractivity contribution is 0.216. The van der Waals surface area contributed by atoms with Crippen LogP contribution in [0.2, 0.25) is 0 Å². The molecule has 1 aliphatic heterocycles. The second-order valence-electron chi connectivity index (χ2n) is 2.99. The van der Waals surface area contributed by atoms with Crippen LogP contribution in [0.25, 0.3) is 0 Å². The lowest BCUT2D eigenvalue weighted by atomic mass is 10.3. The van der Waals surface area contributed by atoms with Crippen molar-refractivity contribution in [2.24, 2.45) is 0 Å². The molecule has 0 spiro atoms. The van der Waals surface area contributed by atoms with Crippen LogP contribution in [0.1, 0.15) is 5.76 Å². The summed E-state index contributed by atoms with van der Waals surface area (Å²) >= 11 is 0. The zero-order valence-corrected chi connectivity index (χ0v) is 6.99. The summed E-state index contributed by atoms with van der Waals surface area (Å²) < 4.78 is 5.16. The number of hydrogen-bond donors (Lipinski definition) is 1. The molecule has 1 aliphatic rings. The van der Waals surface area contributed by atoms with Crippen LogP contribution in [0.5, 0.6) is 0 Å². The van der Waals surface area contributed by atoms with Gasteiger partial charge < -0.3 is 9.73 Å². The van der Waals surface area contributed by atoms with E-state index in [9.17, 15) is 0 Å². The van der Waals surface area contributed by atoms with Crippen molar-refractivity contribution in [2.75, 3.05) is 26.2 Å². The highest BCUT2D eigenvalue weighted by molar-refractivity contribution is 4.88. The molecule has 2 rings (SSSR count). The van der Waals surface area contributed by atoms with E-state index in [0.717, 1.165) is 38.5 Å². The summed E-state index contributed by atoms with van der Waals surface area (Å²) in [5, 5.41) is 3.31. The summed E-state index contributed by atoms with van der Waals surface area (Å²) in [7, 11) is 0. The minimum absolute atomic E-state index is 0.891. The standard InChI is InChI=1S/C8H13N3O/c1-3-11(4-2-9-1)6-8-5-10-7-12-8/h5,7,9H,1-4,6H2. The first kappa shape index (κ1) is 7.76. The molecule has 1 N–H and O–H groups in total. The average Bonchev–Trinajstić information content (AvgIpc) is 2.59. The van der Waals surface area contributed by atoms with Gasteiger partial charge in [-0.25, -0.2) is 4.98 Å². The number of aromatic nitrogens is 1. The maximum absolute atomic E-state index is 5.16. The molecule has 66 valence electrons. The fourth-order valence-electron chi connectivity index (χ4n) is 1.41. The van der Waals surface area contributed by atoms with E-state index in [1.165, 1.54) is 6.39 Å². The molecule has 0 saturated carbocycles. The molecule has 1 saturated heterocycles. The van der Waals surface area contributed by atoms with Gasteiger partial charge in [-0.3, -0.25) is 4.90 Å². The number of oxazole rings is 1. The molecule has 1 aromatic rings. The molecule has 0 aliphatic carbocycles. The minimum Gasteiger partial charge on any atom is -0.447 e. The van der Waals surface area contributed by atoms with Gasteiger partial charge in [0.2, 0.25) is 0 Å². The first-order chi connectivity index (χ1) is 5.95. The Morgan fingerprint density at radius 2 is 2.33 bits per heavy atom. The van der Waals surface area contributed by atoms with Crippen molar-refractivity contribution in [2.45, 2.75) is 6.54 Å². The van der Waals surface area contributed by atoms with E-state index in [2.05, 4.69) is 15.2 Å². The summed E-state index contributed by atoms with van der Waals surface area (Å²) in [6.45, 7) is 5.24. The van der Waals surface area contributed by atoms with Crippen molar-refractivity contribution in [1.29, 1.82) is 0 Å². The highest BCUT2D eigenvalue weighted by Crippen LogP contribution is 2.03. The summed E-state index contributed by atoms with van der Waals surface area (Å²) in [6, 6.07) is 0. The Morgan fingerprint density at radius 1 is 1.50 bits per heavy atom. The van der Waals surface area contributed by atoms with Crippen molar-refractivity contribution >= 4 is 0 Å². The molecular weight excluding hydrogens is 154 g/mol. The highest BCUT2D eigenvalue weighted by Gasteiger charge is 2.10. The van der Waals surface area contributed by atoms with Crippen molar-refractivity contribution < 1.29 is 4.42 Å². The average molecular weight is 167 g/mol. The topological polar surface area (TPSA) is 41.3 Å². The molecule has 12 heavy (non-hydrogen) atoms. The van der Waals surface area contributed by atoms with Crippen LogP contribution < -0.4 is 5.32 Å². The lowest BCUT2D eigenvalue weighted by Crippen LogP contribution is -2.42. The van der Waals surface area contributed by atoms with E-state index < -0.39 is 0 Å². The van der Waals surface area contributed by atoms with Crippen molar-refractivity contribution in [3.8, 4) is 0 Å². The molecule has 0 atom stereocenters. The zero-order chi connectivity index (χ0) is 8.23.